The van der Waals surface area contributed by atoms with Gasteiger partial charge in [0.2, 0.25) is 0 Å². The summed E-state index contributed by atoms with van der Waals surface area (Å²) in [5.74, 6) is 0.102. The third kappa shape index (κ3) is 2.55. The first kappa shape index (κ1) is 9.73. The zero-order valence-corrected chi connectivity index (χ0v) is 7.43. The van der Waals surface area contributed by atoms with Gasteiger partial charge in [0, 0.05) is 13.2 Å². The predicted octanol–water partition coefficient (Wildman–Crippen LogP) is 0.0833. The zero-order chi connectivity index (χ0) is 9.68. The molecule has 0 aliphatic rings. The second-order valence-corrected chi connectivity index (χ2v) is 2.59. The fourth-order valence-corrected chi connectivity index (χ4v) is 0.915. The third-order valence-corrected chi connectivity index (χ3v) is 1.62. The minimum absolute atomic E-state index is 0.119. The summed E-state index contributed by atoms with van der Waals surface area (Å²) in [5.41, 5.74) is 0. The molecule has 0 bridgehead atoms. The van der Waals surface area contributed by atoms with Crippen LogP contribution in [0, 0.1) is 6.92 Å². The Balaban J connectivity index is 2.59. The van der Waals surface area contributed by atoms with Gasteiger partial charge in [0.15, 0.2) is 5.82 Å². The average molecular weight is 184 g/mol. The van der Waals surface area contributed by atoms with Gasteiger partial charge < -0.3 is 5.11 Å². The minimum atomic E-state index is -0.453. The standard InChI is InChI=1S/C8H12N2O3/c1-7-9-13-8(12)10(7)5-3-2-4-6-11/h2-3,11H,4-6H2,1H3/b3-2-. The molecule has 0 unspecified atom stereocenters. The van der Waals surface area contributed by atoms with Gasteiger partial charge in [-0.25, -0.2) is 4.79 Å². The van der Waals surface area contributed by atoms with Crippen LogP contribution in [-0.4, -0.2) is 21.4 Å². The van der Waals surface area contributed by atoms with Gasteiger partial charge in [-0.15, -0.1) is 0 Å². The van der Waals surface area contributed by atoms with Crippen LogP contribution >= 0.6 is 0 Å². The summed E-state index contributed by atoms with van der Waals surface area (Å²) in [6.45, 7) is 2.26. The lowest BCUT2D eigenvalue weighted by Crippen LogP contribution is -2.14. The number of aromatic nitrogens is 2. The second kappa shape index (κ2) is 4.61. The maximum Gasteiger partial charge on any atom is 0.441 e. The van der Waals surface area contributed by atoms with Crippen LogP contribution in [0.2, 0.25) is 0 Å². The Labute approximate surface area is 75.3 Å². The summed E-state index contributed by atoms with van der Waals surface area (Å²) < 4.78 is 5.84. The van der Waals surface area contributed by atoms with Gasteiger partial charge in [-0.3, -0.25) is 9.09 Å². The quantitative estimate of drug-likeness (QED) is 0.673. The van der Waals surface area contributed by atoms with E-state index in [0.29, 0.717) is 18.8 Å². The molecule has 1 heterocycles. The van der Waals surface area contributed by atoms with Gasteiger partial charge in [0.1, 0.15) is 0 Å². The minimum Gasteiger partial charge on any atom is -0.396 e. The molecule has 1 aromatic rings. The molecular formula is C8H12N2O3. The molecular weight excluding hydrogens is 172 g/mol. The summed E-state index contributed by atoms with van der Waals surface area (Å²) in [6, 6.07) is 0. The molecule has 0 radical (unpaired) electrons. The van der Waals surface area contributed by atoms with E-state index in [-0.39, 0.29) is 6.61 Å². The van der Waals surface area contributed by atoms with E-state index in [0.717, 1.165) is 0 Å². The lowest BCUT2D eigenvalue weighted by atomic mass is 10.4. The van der Waals surface area contributed by atoms with E-state index in [2.05, 4.69) is 9.68 Å². The van der Waals surface area contributed by atoms with E-state index in [9.17, 15) is 4.79 Å². The van der Waals surface area contributed by atoms with Crippen molar-refractivity contribution < 1.29 is 9.63 Å². The molecule has 0 saturated carbocycles. The van der Waals surface area contributed by atoms with Crippen molar-refractivity contribution in [2.45, 2.75) is 19.9 Å². The van der Waals surface area contributed by atoms with Crippen molar-refractivity contribution in [2.75, 3.05) is 6.61 Å². The maximum absolute atomic E-state index is 11.0. The maximum atomic E-state index is 11.0. The van der Waals surface area contributed by atoms with Gasteiger partial charge in [-0.2, -0.15) is 0 Å². The first-order valence-electron chi connectivity index (χ1n) is 4.04. The Kier molecular flexibility index (Phi) is 3.45. The SMILES string of the molecule is Cc1noc(=O)n1C/C=C\CCO. The highest BCUT2D eigenvalue weighted by atomic mass is 16.5. The van der Waals surface area contributed by atoms with Crippen LogP contribution in [0.5, 0.6) is 0 Å². The molecule has 1 aromatic heterocycles. The summed E-state index contributed by atoms with van der Waals surface area (Å²) >= 11 is 0. The molecule has 1 rings (SSSR count). The fourth-order valence-electron chi connectivity index (χ4n) is 0.915. The lowest BCUT2D eigenvalue weighted by Gasteiger charge is -1.93. The topological polar surface area (TPSA) is 68.3 Å². The number of rotatable bonds is 4. The molecule has 0 aliphatic carbocycles. The van der Waals surface area contributed by atoms with Crippen molar-refractivity contribution in [3.8, 4) is 0 Å². The second-order valence-electron chi connectivity index (χ2n) is 2.59. The van der Waals surface area contributed by atoms with Gasteiger partial charge in [0.25, 0.3) is 0 Å². The van der Waals surface area contributed by atoms with E-state index in [4.69, 9.17) is 5.11 Å². The van der Waals surface area contributed by atoms with Crippen LogP contribution in [0.4, 0.5) is 0 Å². The fraction of sp³-hybridized carbons (Fsp3) is 0.500. The first-order chi connectivity index (χ1) is 6.25. The van der Waals surface area contributed by atoms with E-state index in [1.54, 1.807) is 19.1 Å². The normalized spacial score (nSPS) is 11.2. The average Bonchev–Trinajstić information content (AvgIpc) is 2.42. The third-order valence-electron chi connectivity index (χ3n) is 1.62. The number of aliphatic hydroxyl groups excluding tert-OH is 1. The van der Waals surface area contributed by atoms with E-state index in [1.165, 1.54) is 4.57 Å². The molecule has 0 saturated heterocycles. The molecule has 0 aliphatic heterocycles. The number of aliphatic hydroxyl groups is 1. The van der Waals surface area contributed by atoms with Crippen LogP contribution in [-0.2, 0) is 6.54 Å². The van der Waals surface area contributed by atoms with Crippen molar-refractivity contribution in [3.63, 3.8) is 0 Å². The molecule has 5 nitrogen and oxygen atoms in total. The highest BCUT2D eigenvalue weighted by Crippen LogP contribution is 1.90. The summed E-state index contributed by atoms with van der Waals surface area (Å²) in [5, 5.41) is 12.0. The number of allylic oxidation sites excluding steroid dienone is 1. The number of hydrogen-bond acceptors (Lipinski definition) is 4. The highest BCUT2D eigenvalue weighted by molar-refractivity contribution is 4.87. The van der Waals surface area contributed by atoms with Gasteiger partial charge in [-0.1, -0.05) is 17.3 Å². The van der Waals surface area contributed by atoms with Crippen molar-refractivity contribution in [1.29, 1.82) is 0 Å². The smallest absolute Gasteiger partial charge is 0.396 e. The predicted molar refractivity (Wildman–Crippen MR) is 46.3 cm³/mol. The Hall–Kier alpha value is -1.36. The summed E-state index contributed by atoms with van der Waals surface area (Å²) in [4.78, 5) is 11.0. The van der Waals surface area contributed by atoms with Gasteiger partial charge >= 0.3 is 5.76 Å². The Morgan fingerprint density at radius 1 is 1.62 bits per heavy atom. The molecule has 0 amide bonds. The van der Waals surface area contributed by atoms with Gasteiger partial charge in [-0.05, 0) is 13.3 Å². The monoisotopic (exact) mass is 184 g/mol. The Morgan fingerprint density at radius 3 is 2.92 bits per heavy atom. The van der Waals surface area contributed by atoms with Gasteiger partial charge in [0.05, 0.1) is 0 Å². The largest absolute Gasteiger partial charge is 0.441 e. The molecule has 0 aromatic carbocycles. The molecule has 72 valence electrons. The summed E-state index contributed by atoms with van der Waals surface area (Å²) in [6.07, 6.45) is 4.19. The zero-order valence-electron chi connectivity index (χ0n) is 7.43. The first-order valence-corrected chi connectivity index (χ1v) is 4.04. The number of hydrogen-bond donors (Lipinski definition) is 1. The van der Waals surface area contributed by atoms with E-state index < -0.39 is 5.76 Å². The van der Waals surface area contributed by atoms with Crippen molar-refractivity contribution in [2.24, 2.45) is 0 Å². The van der Waals surface area contributed by atoms with Crippen LogP contribution in [0.25, 0.3) is 0 Å². The summed E-state index contributed by atoms with van der Waals surface area (Å²) in [7, 11) is 0. The Bertz CT molecular complexity index is 337. The van der Waals surface area contributed by atoms with E-state index >= 15 is 0 Å². The van der Waals surface area contributed by atoms with Crippen LogP contribution in [0.15, 0.2) is 21.5 Å². The van der Waals surface area contributed by atoms with Crippen molar-refractivity contribution in [1.82, 2.24) is 9.72 Å². The van der Waals surface area contributed by atoms with E-state index in [1.807, 2.05) is 0 Å². The van der Waals surface area contributed by atoms with Crippen LogP contribution in [0.1, 0.15) is 12.2 Å². The highest BCUT2D eigenvalue weighted by Gasteiger charge is 2.02. The number of aryl methyl sites for hydroxylation is 1. The van der Waals surface area contributed by atoms with Crippen LogP contribution in [0.3, 0.4) is 0 Å². The van der Waals surface area contributed by atoms with Crippen molar-refractivity contribution >= 4 is 0 Å². The lowest BCUT2D eigenvalue weighted by molar-refractivity contribution is 0.302. The molecule has 5 heteroatoms. The Morgan fingerprint density at radius 2 is 2.38 bits per heavy atom. The molecule has 1 N–H and O–H groups in total. The molecule has 0 spiro atoms. The molecule has 13 heavy (non-hydrogen) atoms. The molecule has 0 fully saturated rings. The van der Waals surface area contributed by atoms with Crippen molar-refractivity contribution in [3.05, 3.63) is 28.5 Å². The van der Waals surface area contributed by atoms with Crippen LogP contribution < -0.4 is 5.76 Å². The number of nitrogens with zero attached hydrogens (tertiary/aromatic N) is 2. The molecule has 0 atom stereocenters.